The summed E-state index contributed by atoms with van der Waals surface area (Å²) in [4.78, 5) is 18.0. The van der Waals surface area contributed by atoms with Crippen molar-refractivity contribution in [3.8, 4) is 17.1 Å². The first-order valence-corrected chi connectivity index (χ1v) is 12.3. The molecule has 2 N–H and O–H groups in total. The van der Waals surface area contributed by atoms with Gasteiger partial charge in [0.05, 0.1) is 31.1 Å². The third kappa shape index (κ3) is 4.54. The van der Waals surface area contributed by atoms with Gasteiger partial charge < -0.3 is 19.7 Å². The standard InChI is InChI=1S/C26H31N7O2/c1-18-3-2-4-20(13-18)21-6-8-33(30-21)24-14-22(32-9-11-35-12-10-32)25-26(29-24)28-23(27-25)16-31-7-5-19(15-31)17-34/h2-4,6,8,13-14,19,34H,5,7,9-12,15-17H2,1H3,(H,27,28,29)/t19-/m1/s1. The zero-order valence-corrected chi connectivity index (χ0v) is 20.0. The van der Waals surface area contributed by atoms with E-state index >= 15 is 0 Å². The number of nitrogens with zero attached hydrogens (tertiary/aromatic N) is 6. The minimum atomic E-state index is 0.247. The summed E-state index contributed by atoms with van der Waals surface area (Å²) < 4.78 is 7.43. The van der Waals surface area contributed by atoms with Gasteiger partial charge in [-0.2, -0.15) is 5.10 Å². The first kappa shape index (κ1) is 22.2. The number of aryl methyl sites for hydroxylation is 1. The second-order valence-electron chi connectivity index (χ2n) is 9.57. The molecule has 0 amide bonds. The highest BCUT2D eigenvalue weighted by molar-refractivity contribution is 5.87. The lowest BCUT2D eigenvalue weighted by Gasteiger charge is -2.29. The van der Waals surface area contributed by atoms with E-state index in [-0.39, 0.29) is 6.61 Å². The fourth-order valence-corrected chi connectivity index (χ4v) is 5.08. The highest BCUT2D eigenvalue weighted by Crippen LogP contribution is 2.29. The maximum absolute atomic E-state index is 9.49. The van der Waals surface area contributed by atoms with Gasteiger partial charge in [-0.1, -0.05) is 23.8 Å². The van der Waals surface area contributed by atoms with Crippen molar-refractivity contribution in [3.63, 3.8) is 0 Å². The molecule has 1 aromatic carbocycles. The summed E-state index contributed by atoms with van der Waals surface area (Å²) in [5, 5.41) is 14.3. The SMILES string of the molecule is Cc1cccc(-c2ccn(-c3cc(N4CCOCC4)c4[nH]c(CN5CC[C@@H](CO)C5)nc4n3)n2)c1. The molecular formula is C26H31N7O2. The summed E-state index contributed by atoms with van der Waals surface area (Å²) in [6.07, 6.45) is 2.99. The number of hydrogen-bond acceptors (Lipinski definition) is 7. The van der Waals surface area contributed by atoms with E-state index in [1.807, 2.05) is 16.9 Å². The number of rotatable bonds is 6. The molecule has 0 saturated carbocycles. The molecule has 6 rings (SSSR count). The number of aliphatic hydroxyl groups excluding tert-OH is 1. The molecule has 0 aliphatic carbocycles. The van der Waals surface area contributed by atoms with Crippen molar-refractivity contribution in [2.45, 2.75) is 19.9 Å². The Morgan fingerprint density at radius 1 is 1.11 bits per heavy atom. The number of anilines is 1. The first-order valence-electron chi connectivity index (χ1n) is 12.3. The summed E-state index contributed by atoms with van der Waals surface area (Å²) in [6, 6.07) is 12.5. The number of aromatic nitrogens is 5. The third-order valence-electron chi connectivity index (χ3n) is 6.97. The first-order chi connectivity index (χ1) is 17.2. The van der Waals surface area contributed by atoms with Crippen molar-refractivity contribution in [2.75, 3.05) is 50.9 Å². The Morgan fingerprint density at radius 2 is 2.00 bits per heavy atom. The van der Waals surface area contributed by atoms with Crippen LogP contribution in [0.5, 0.6) is 0 Å². The fraction of sp³-hybridized carbons (Fsp3) is 0.423. The minimum absolute atomic E-state index is 0.247. The number of morpholine rings is 1. The highest BCUT2D eigenvalue weighted by Gasteiger charge is 2.24. The van der Waals surface area contributed by atoms with E-state index in [0.29, 0.717) is 24.8 Å². The van der Waals surface area contributed by atoms with Gasteiger partial charge in [-0.3, -0.25) is 4.90 Å². The number of aliphatic hydroxyl groups is 1. The van der Waals surface area contributed by atoms with E-state index in [2.05, 4.69) is 52.0 Å². The van der Waals surface area contributed by atoms with Crippen LogP contribution in [0.2, 0.25) is 0 Å². The molecule has 2 fully saturated rings. The fourth-order valence-electron chi connectivity index (χ4n) is 5.08. The van der Waals surface area contributed by atoms with Gasteiger partial charge in [0.2, 0.25) is 0 Å². The highest BCUT2D eigenvalue weighted by atomic mass is 16.5. The van der Waals surface area contributed by atoms with Gasteiger partial charge >= 0.3 is 0 Å². The molecule has 5 heterocycles. The molecule has 2 aliphatic heterocycles. The van der Waals surface area contributed by atoms with Crippen LogP contribution in [0.4, 0.5) is 5.69 Å². The topological polar surface area (TPSA) is 95.3 Å². The average Bonchev–Trinajstić information content (AvgIpc) is 3.63. The maximum atomic E-state index is 9.49. The van der Waals surface area contributed by atoms with Crippen LogP contribution in [0.15, 0.2) is 42.6 Å². The smallest absolute Gasteiger partial charge is 0.182 e. The summed E-state index contributed by atoms with van der Waals surface area (Å²) >= 11 is 0. The molecule has 182 valence electrons. The Kier molecular flexibility index (Phi) is 5.97. The van der Waals surface area contributed by atoms with E-state index in [0.717, 1.165) is 73.2 Å². The number of ether oxygens (including phenoxy) is 1. The van der Waals surface area contributed by atoms with E-state index in [1.165, 1.54) is 5.56 Å². The Labute approximate surface area is 204 Å². The quantitative estimate of drug-likeness (QED) is 0.445. The summed E-state index contributed by atoms with van der Waals surface area (Å²) in [5.74, 6) is 2.01. The van der Waals surface area contributed by atoms with Crippen LogP contribution in [0, 0.1) is 12.8 Å². The van der Waals surface area contributed by atoms with E-state index < -0.39 is 0 Å². The Morgan fingerprint density at radius 3 is 2.80 bits per heavy atom. The molecule has 3 aromatic heterocycles. The number of H-pyrrole nitrogens is 1. The molecule has 1 atom stereocenters. The normalized spacial score (nSPS) is 19.1. The molecule has 2 saturated heterocycles. The van der Waals surface area contributed by atoms with Crippen LogP contribution >= 0.6 is 0 Å². The van der Waals surface area contributed by atoms with Crippen molar-refractivity contribution in [1.29, 1.82) is 0 Å². The number of likely N-dealkylation sites (tertiary alicyclic amines) is 1. The summed E-state index contributed by atoms with van der Waals surface area (Å²) in [7, 11) is 0. The van der Waals surface area contributed by atoms with Crippen LogP contribution in [0.3, 0.4) is 0 Å². The lowest BCUT2D eigenvalue weighted by Crippen LogP contribution is -2.36. The minimum Gasteiger partial charge on any atom is -0.396 e. The van der Waals surface area contributed by atoms with Crippen LogP contribution < -0.4 is 4.90 Å². The molecule has 2 aliphatic rings. The van der Waals surface area contributed by atoms with Gasteiger partial charge in [0.1, 0.15) is 11.3 Å². The molecule has 4 aromatic rings. The van der Waals surface area contributed by atoms with Gasteiger partial charge in [-0.25, -0.2) is 14.6 Å². The molecular weight excluding hydrogens is 442 g/mol. The lowest BCUT2D eigenvalue weighted by atomic mass is 10.1. The van der Waals surface area contributed by atoms with Gasteiger partial charge in [0.15, 0.2) is 11.5 Å². The maximum Gasteiger partial charge on any atom is 0.182 e. The van der Waals surface area contributed by atoms with E-state index in [4.69, 9.17) is 19.8 Å². The van der Waals surface area contributed by atoms with E-state index in [1.54, 1.807) is 0 Å². The van der Waals surface area contributed by atoms with Crippen molar-refractivity contribution in [2.24, 2.45) is 5.92 Å². The monoisotopic (exact) mass is 473 g/mol. The van der Waals surface area contributed by atoms with Crippen molar-refractivity contribution in [3.05, 3.63) is 54.0 Å². The molecule has 0 bridgehead atoms. The molecule has 0 unspecified atom stereocenters. The number of aromatic amines is 1. The van der Waals surface area contributed by atoms with Gasteiger partial charge in [0, 0.05) is 44.1 Å². The number of fused-ring (bicyclic) bond motifs is 1. The largest absolute Gasteiger partial charge is 0.396 e. The van der Waals surface area contributed by atoms with Crippen LogP contribution in [-0.4, -0.2) is 80.7 Å². The second-order valence-corrected chi connectivity index (χ2v) is 9.57. The number of hydrogen-bond donors (Lipinski definition) is 2. The zero-order valence-electron chi connectivity index (χ0n) is 20.0. The Hall–Kier alpha value is -3.27. The van der Waals surface area contributed by atoms with Crippen molar-refractivity contribution in [1.82, 2.24) is 29.6 Å². The number of benzene rings is 1. The number of pyridine rings is 1. The summed E-state index contributed by atoms with van der Waals surface area (Å²) in [6.45, 7) is 8.00. The predicted octanol–water partition coefficient (Wildman–Crippen LogP) is 2.77. The molecule has 9 nitrogen and oxygen atoms in total. The zero-order chi connectivity index (χ0) is 23.8. The van der Waals surface area contributed by atoms with Gasteiger partial charge in [0.25, 0.3) is 0 Å². The summed E-state index contributed by atoms with van der Waals surface area (Å²) in [5.41, 5.74) is 5.94. The third-order valence-corrected chi connectivity index (χ3v) is 6.97. The molecule has 9 heteroatoms. The van der Waals surface area contributed by atoms with Crippen LogP contribution in [0.1, 0.15) is 17.8 Å². The lowest BCUT2D eigenvalue weighted by molar-refractivity contribution is 0.123. The van der Waals surface area contributed by atoms with E-state index in [9.17, 15) is 5.11 Å². The van der Waals surface area contributed by atoms with Gasteiger partial charge in [-0.05, 0) is 37.9 Å². The van der Waals surface area contributed by atoms with Gasteiger partial charge in [-0.15, -0.1) is 0 Å². The van der Waals surface area contributed by atoms with Crippen molar-refractivity contribution < 1.29 is 9.84 Å². The second kappa shape index (κ2) is 9.41. The predicted molar refractivity (Wildman–Crippen MR) is 135 cm³/mol. The van der Waals surface area contributed by atoms with Crippen LogP contribution in [0.25, 0.3) is 28.2 Å². The number of imidazole rings is 1. The molecule has 0 spiro atoms. The van der Waals surface area contributed by atoms with Crippen molar-refractivity contribution >= 4 is 16.9 Å². The Balaban J connectivity index is 1.36. The Bertz CT molecular complexity index is 1320. The molecule has 0 radical (unpaired) electrons. The number of nitrogens with one attached hydrogen (secondary N) is 1. The molecule has 35 heavy (non-hydrogen) atoms. The average molecular weight is 474 g/mol. The van der Waals surface area contributed by atoms with Crippen LogP contribution in [-0.2, 0) is 11.3 Å².